The maximum atomic E-state index is 10.8. The van der Waals surface area contributed by atoms with Crippen LogP contribution in [0.25, 0.3) is 0 Å². The Morgan fingerprint density at radius 1 is 1.67 bits per heavy atom. The number of hydrogen-bond donors (Lipinski definition) is 2. The lowest BCUT2D eigenvalue weighted by Crippen LogP contribution is -2.09. The number of nitrogens with two attached hydrogens (primary N) is 1. The minimum absolute atomic E-state index is 0.158. The fraction of sp³-hybridized carbons (Fsp3) is 0.500. The van der Waals surface area contributed by atoms with Crippen LogP contribution in [-0.4, -0.2) is 32.7 Å². The lowest BCUT2D eigenvalue weighted by atomic mass is 10.4. The maximum absolute atomic E-state index is 10.8. The van der Waals surface area contributed by atoms with Gasteiger partial charge in [0.2, 0.25) is 5.28 Å². The van der Waals surface area contributed by atoms with Crippen LogP contribution in [0, 0.1) is 0 Å². The fourth-order valence-corrected chi connectivity index (χ4v) is 1.68. The quantitative estimate of drug-likeness (QED) is 0.598. The van der Waals surface area contributed by atoms with Gasteiger partial charge < -0.3 is 11.1 Å². The monoisotopic (exact) mass is 248 g/mol. The largest absolute Gasteiger partial charge is 0.394 e. The molecule has 0 aromatic carbocycles. The lowest BCUT2D eigenvalue weighted by molar-refractivity contribution is 0.685. The Morgan fingerprint density at radius 3 is 3.07 bits per heavy atom. The maximum Gasteiger partial charge on any atom is 0.224 e. The molecule has 0 fully saturated rings. The standard InChI is InChI=1S/C8H13ClN4OS/c1-15(14)4-2-3-11-7-6(10)5-12-8(9)13-7/h5H,2-4,10H2,1H3,(H,11,12,13). The van der Waals surface area contributed by atoms with Gasteiger partial charge in [0.25, 0.3) is 0 Å². The Kier molecular flexibility index (Phi) is 4.77. The van der Waals surface area contributed by atoms with Gasteiger partial charge in [-0.1, -0.05) is 0 Å². The molecule has 7 heteroatoms. The average Bonchev–Trinajstić information content (AvgIpc) is 2.17. The number of nitrogens with one attached hydrogen (secondary N) is 1. The van der Waals surface area contributed by atoms with Crippen LogP contribution in [0.3, 0.4) is 0 Å². The average molecular weight is 249 g/mol. The summed E-state index contributed by atoms with van der Waals surface area (Å²) in [4.78, 5) is 7.67. The highest BCUT2D eigenvalue weighted by Crippen LogP contribution is 2.15. The predicted octanol–water partition coefficient (Wildman–Crippen LogP) is 0.893. The van der Waals surface area contributed by atoms with Crippen LogP contribution in [0.2, 0.25) is 5.28 Å². The van der Waals surface area contributed by atoms with Crippen molar-refractivity contribution >= 4 is 33.9 Å². The number of hydrogen-bond acceptors (Lipinski definition) is 5. The van der Waals surface area contributed by atoms with E-state index in [9.17, 15) is 4.21 Å². The minimum atomic E-state index is -0.763. The number of nitrogens with zero attached hydrogens (tertiary/aromatic N) is 2. The fourth-order valence-electron chi connectivity index (χ4n) is 0.993. The zero-order valence-corrected chi connectivity index (χ0v) is 9.94. The summed E-state index contributed by atoms with van der Waals surface area (Å²) in [5.74, 6) is 1.18. The van der Waals surface area contributed by atoms with E-state index in [4.69, 9.17) is 17.3 Å². The van der Waals surface area contributed by atoms with Crippen molar-refractivity contribution in [1.29, 1.82) is 0 Å². The van der Waals surface area contributed by atoms with E-state index in [1.165, 1.54) is 6.20 Å². The SMILES string of the molecule is CS(=O)CCCNc1nc(Cl)ncc1N. The van der Waals surface area contributed by atoms with Crippen molar-refractivity contribution in [2.24, 2.45) is 0 Å². The molecule has 0 aliphatic rings. The van der Waals surface area contributed by atoms with Gasteiger partial charge in [0.1, 0.15) is 0 Å². The second-order valence-electron chi connectivity index (χ2n) is 3.00. The van der Waals surface area contributed by atoms with E-state index in [1.807, 2.05) is 0 Å². The smallest absolute Gasteiger partial charge is 0.224 e. The zero-order chi connectivity index (χ0) is 11.3. The third-order valence-corrected chi connectivity index (χ3v) is 2.73. The molecule has 1 aromatic heterocycles. The second-order valence-corrected chi connectivity index (χ2v) is 4.89. The second kappa shape index (κ2) is 5.87. The van der Waals surface area contributed by atoms with E-state index in [2.05, 4.69) is 15.3 Å². The molecular weight excluding hydrogens is 236 g/mol. The first-order valence-electron chi connectivity index (χ1n) is 4.41. The highest BCUT2D eigenvalue weighted by Gasteiger charge is 2.02. The van der Waals surface area contributed by atoms with Gasteiger partial charge in [-0.15, -0.1) is 0 Å². The Bertz CT molecular complexity index is 360. The van der Waals surface area contributed by atoms with Gasteiger partial charge in [0.15, 0.2) is 5.82 Å². The molecule has 0 saturated carbocycles. The molecular formula is C8H13ClN4OS. The Morgan fingerprint density at radius 2 is 2.40 bits per heavy atom. The van der Waals surface area contributed by atoms with Crippen molar-refractivity contribution in [2.75, 3.05) is 29.6 Å². The Labute approximate surface area is 95.9 Å². The van der Waals surface area contributed by atoms with Gasteiger partial charge in [-0.05, 0) is 18.0 Å². The van der Waals surface area contributed by atoms with E-state index in [0.717, 1.165) is 6.42 Å². The first-order valence-corrected chi connectivity index (χ1v) is 6.52. The van der Waals surface area contributed by atoms with Crippen LogP contribution in [0.1, 0.15) is 6.42 Å². The Hall–Kier alpha value is -0.880. The third kappa shape index (κ3) is 4.44. The summed E-state index contributed by atoms with van der Waals surface area (Å²) in [5, 5.41) is 3.17. The summed E-state index contributed by atoms with van der Waals surface area (Å²) in [6.07, 6.45) is 3.93. The normalized spacial score (nSPS) is 12.4. The van der Waals surface area contributed by atoms with Crippen molar-refractivity contribution in [2.45, 2.75) is 6.42 Å². The van der Waals surface area contributed by atoms with Crippen LogP contribution < -0.4 is 11.1 Å². The van der Waals surface area contributed by atoms with Gasteiger partial charge in [-0.2, -0.15) is 4.98 Å². The van der Waals surface area contributed by atoms with Crippen LogP contribution in [0.4, 0.5) is 11.5 Å². The molecule has 5 nitrogen and oxygen atoms in total. The van der Waals surface area contributed by atoms with Gasteiger partial charge >= 0.3 is 0 Å². The topological polar surface area (TPSA) is 80.9 Å². The summed E-state index contributed by atoms with van der Waals surface area (Å²) in [6.45, 7) is 0.664. The van der Waals surface area contributed by atoms with Crippen molar-refractivity contribution in [1.82, 2.24) is 9.97 Å². The van der Waals surface area contributed by atoms with E-state index < -0.39 is 10.8 Å². The molecule has 1 heterocycles. The van der Waals surface area contributed by atoms with Crippen molar-refractivity contribution in [3.8, 4) is 0 Å². The number of nitrogen functional groups attached to an aromatic ring is 1. The summed E-state index contributed by atoms with van der Waals surface area (Å²) < 4.78 is 10.8. The zero-order valence-electron chi connectivity index (χ0n) is 8.36. The molecule has 0 aliphatic heterocycles. The molecule has 0 bridgehead atoms. The third-order valence-electron chi connectivity index (χ3n) is 1.69. The number of halogens is 1. The van der Waals surface area contributed by atoms with E-state index in [1.54, 1.807) is 6.26 Å². The summed E-state index contributed by atoms with van der Waals surface area (Å²) in [6, 6.07) is 0. The Balaban J connectivity index is 2.43. The van der Waals surface area contributed by atoms with Gasteiger partial charge in [-0.3, -0.25) is 4.21 Å². The minimum Gasteiger partial charge on any atom is -0.394 e. The molecule has 0 saturated heterocycles. The first kappa shape index (κ1) is 12.2. The highest BCUT2D eigenvalue weighted by molar-refractivity contribution is 7.84. The van der Waals surface area contributed by atoms with Gasteiger partial charge in [0, 0.05) is 29.4 Å². The van der Waals surface area contributed by atoms with E-state index >= 15 is 0 Å². The van der Waals surface area contributed by atoms with Gasteiger partial charge in [0.05, 0.1) is 11.9 Å². The van der Waals surface area contributed by atoms with Crippen molar-refractivity contribution in [3.05, 3.63) is 11.5 Å². The van der Waals surface area contributed by atoms with Crippen LogP contribution in [-0.2, 0) is 10.8 Å². The number of aromatic nitrogens is 2. The highest BCUT2D eigenvalue weighted by atomic mass is 35.5. The van der Waals surface area contributed by atoms with Crippen LogP contribution in [0.5, 0.6) is 0 Å². The van der Waals surface area contributed by atoms with E-state index in [-0.39, 0.29) is 5.28 Å². The van der Waals surface area contributed by atoms with Crippen molar-refractivity contribution in [3.63, 3.8) is 0 Å². The molecule has 0 radical (unpaired) electrons. The molecule has 0 spiro atoms. The molecule has 1 atom stereocenters. The molecule has 1 aromatic rings. The number of anilines is 2. The predicted molar refractivity (Wildman–Crippen MR) is 63.5 cm³/mol. The summed E-state index contributed by atoms with van der Waals surface area (Å²) in [5.41, 5.74) is 6.08. The van der Waals surface area contributed by atoms with Crippen LogP contribution >= 0.6 is 11.6 Å². The number of rotatable bonds is 5. The molecule has 84 valence electrons. The van der Waals surface area contributed by atoms with Gasteiger partial charge in [-0.25, -0.2) is 4.98 Å². The molecule has 3 N–H and O–H groups in total. The van der Waals surface area contributed by atoms with E-state index in [0.29, 0.717) is 23.8 Å². The summed E-state index contributed by atoms with van der Waals surface area (Å²) in [7, 11) is -0.763. The first-order chi connectivity index (χ1) is 7.09. The van der Waals surface area contributed by atoms with Crippen molar-refractivity contribution < 1.29 is 4.21 Å². The molecule has 0 aliphatic carbocycles. The van der Waals surface area contributed by atoms with Crippen LogP contribution in [0.15, 0.2) is 6.20 Å². The lowest BCUT2D eigenvalue weighted by Gasteiger charge is -2.06. The molecule has 0 amide bonds. The molecule has 15 heavy (non-hydrogen) atoms. The summed E-state index contributed by atoms with van der Waals surface area (Å²) >= 11 is 5.61. The molecule has 1 rings (SSSR count). The molecule has 1 unspecified atom stereocenters.